The largest absolute Gasteiger partial charge is 0.444 e. The normalized spacial score (nSPS) is 14.6. The number of alkyl carbamates (subject to hydrolysis) is 1. The van der Waals surface area contributed by atoms with E-state index in [-0.39, 0.29) is 5.84 Å². The summed E-state index contributed by atoms with van der Waals surface area (Å²) in [5, 5.41) is 14.1. The zero-order valence-electron chi connectivity index (χ0n) is 11.2. The summed E-state index contributed by atoms with van der Waals surface area (Å²) >= 11 is 0. The van der Waals surface area contributed by atoms with E-state index in [0.717, 1.165) is 0 Å². The number of nitrogens with one attached hydrogen (secondary N) is 1. The van der Waals surface area contributed by atoms with Crippen molar-refractivity contribution in [3.8, 4) is 0 Å². The van der Waals surface area contributed by atoms with Gasteiger partial charge in [0, 0.05) is 0 Å². The Kier molecular flexibility index (Phi) is 5.78. The van der Waals surface area contributed by atoms with Gasteiger partial charge in [0.05, 0.1) is 6.04 Å². The van der Waals surface area contributed by atoms with E-state index >= 15 is 0 Å². The Bertz CT molecular complexity index is 282. The summed E-state index contributed by atoms with van der Waals surface area (Å²) in [7, 11) is 0. The fourth-order valence-corrected chi connectivity index (χ4v) is 1.24. The molecular weight excluding hydrogens is 222 g/mol. The number of nitrogens with two attached hydrogens (primary N) is 1. The highest BCUT2D eigenvalue weighted by Crippen LogP contribution is 2.09. The third-order valence-electron chi connectivity index (χ3n) is 1.87. The van der Waals surface area contributed by atoms with Crippen LogP contribution in [0.2, 0.25) is 0 Å². The molecule has 0 aliphatic heterocycles. The first-order chi connectivity index (χ1) is 7.65. The van der Waals surface area contributed by atoms with Crippen LogP contribution in [-0.4, -0.2) is 28.8 Å². The summed E-state index contributed by atoms with van der Waals surface area (Å²) < 4.78 is 5.10. The highest BCUT2D eigenvalue weighted by molar-refractivity contribution is 5.88. The molecule has 0 aliphatic carbocycles. The lowest BCUT2D eigenvalue weighted by Gasteiger charge is -2.23. The molecule has 0 saturated heterocycles. The number of carbonyl (C=O) groups is 1. The van der Waals surface area contributed by atoms with Crippen LogP contribution in [0, 0.1) is 5.92 Å². The van der Waals surface area contributed by atoms with Crippen LogP contribution < -0.4 is 11.1 Å². The van der Waals surface area contributed by atoms with E-state index in [9.17, 15) is 4.79 Å². The van der Waals surface area contributed by atoms with Crippen LogP contribution in [0.4, 0.5) is 4.79 Å². The number of carbonyl (C=O) groups excluding carboxylic acids is 1. The van der Waals surface area contributed by atoms with Crippen LogP contribution >= 0.6 is 0 Å². The molecule has 0 rings (SSSR count). The van der Waals surface area contributed by atoms with E-state index in [2.05, 4.69) is 10.5 Å². The second-order valence-corrected chi connectivity index (χ2v) is 5.35. The van der Waals surface area contributed by atoms with Gasteiger partial charge in [-0.3, -0.25) is 0 Å². The molecule has 6 nitrogen and oxygen atoms in total. The van der Waals surface area contributed by atoms with Crippen LogP contribution in [0.25, 0.3) is 0 Å². The van der Waals surface area contributed by atoms with Gasteiger partial charge in [0.15, 0.2) is 5.84 Å². The van der Waals surface area contributed by atoms with Crippen LogP contribution in [-0.2, 0) is 4.74 Å². The maximum atomic E-state index is 11.5. The number of hydrogen-bond acceptors (Lipinski definition) is 4. The fraction of sp³-hybridized carbons (Fsp3) is 0.818. The third-order valence-corrected chi connectivity index (χ3v) is 1.87. The van der Waals surface area contributed by atoms with Crippen LogP contribution in [0.15, 0.2) is 5.16 Å². The molecule has 4 N–H and O–H groups in total. The molecular formula is C11H23N3O3. The standard InChI is InChI=1S/C11H23N3O3/c1-7(2)6-8(9(12)14-16)13-10(15)17-11(3,4)5/h7-8,16H,6H2,1-5H3,(H2,12,14)(H,13,15)/t8-/m0/s1. The number of rotatable bonds is 4. The average Bonchev–Trinajstić information content (AvgIpc) is 2.11. The van der Waals surface area contributed by atoms with Crippen molar-refractivity contribution in [3.63, 3.8) is 0 Å². The highest BCUT2D eigenvalue weighted by atomic mass is 16.6. The molecule has 100 valence electrons. The van der Waals surface area contributed by atoms with Gasteiger partial charge in [-0.25, -0.2) is 4.79 Å². The number of amides is 1. The van der Waals surface area contributed by atoms with Gasteiger partial charge in [-0.2, -0.15) is 0 Å². The molecule has 17 heavy (non-hydrogen) atoms. The molecule has 0 aliphatic rings. The van der Waals surface area contributed by atoms with E-state index in [0.29, 0.717) is 12.3 Å². The van der Waals surface area contributed by atoms with Gasteiger partial charge in [-0.05, 0) is 33.1 Å². The number of hydrogen-bond donors (Lipinski definition) is 3. The lowest BCUT2D eigenvalue weighted by atomic mass is 10.0. The van der Waals surface area contributed by atoms with Gasteiger partial charge in [-0.1, -0.05) is 19.0 Å². The molecule has 0 saturated carbocycles. The Labute approximate surface area is 102 Å². The minimum atomic E-state index is -0.574. The first-order valence-corrected chi connectivity index (χ1v) is 5.62. The molecule has 0 aromatic carbocycles. The summed E-state index contributed by atoms with van der Waals surface area (Å²) in [4.78, 5) is 11.5. The molecule has 0 unspecified atom stereocenters. The zero-order chi connectivity index (χ0) is 13.6. The molecule has 1 amide bonds. The Balaban J connectivity index is 4.49. The quantitative estimate of drug-likeness (QED) is 0.304. The monoisotopic (exact) mass is 245 g/mol. The second kappa shape index (κ2) is 6.32. The van der Waals surface area contributed by atoms with Crippen molar-refractivity contribution in [3.05, 3.63) is 0 Å². The number of oxime groups is 1. The average molecular weight is 245 g/mol. The predicted molar refractivity (Wildman–Crippen MR) is 66.0 cm³/mol. The van der Waals surface area contributed by atoms with E-state index in [4.69, 9.17) is 15.7 Å². The molecule has 0 radical (unpaired) electrons. The van der Waals surface area contributed by atoms with Crippen molar-refractivity contribution in [2.75, 3.05) is 0 Å². The van der Waals surface area contributed by atoms with Crippen LogP contribution in [0.3, 0.4) is 0 Å². The lowest BCUT2D eigenvalue weighted by Crippen LogP contribution is -2.47. The zero-order valence-corrected chi connectivity index (χ0v) is 11.2. The molecule has 0 heterocycles. The SMILES string of the molecule is CC(C)C[C@H](NC(=O)OC(C)(C)C)/C(N)=N\O. The fourth-order valence-electron chi connectivity index (χ4n) is 1.24. The van der Waals surface area contributed by atoms with Crippen LogP contribution in [0.1, 0.15) is 41.0 Å². The first kappa shape index (κ1) is 15.5. The number of nitrogens with zero attached hydrogens (tertiary/aromatic N) is 1. The van der Waals surface area contributed by atoms with Gasteiger partial charge >= 0.3 is 6.09 Å². The predicted octanol–water partition coefficient (Wildman–Crippen LogP) is 1.67. The summed E-state index contributed by atoms with van der Waals surface area (Å²) in [6.07, 6.45) is 0.00420. The molecule has 0 fully saturated rings. The third kappa shape index (κ3) is 7.43. The number of amidine groups is 1. The highest BCUT2D eigenvalue weighted by Gasteiger charge is 2.22. The summed E-state index contributed by atoms with van der Waals surface area (Å²) in [6.45, 7) is 9.28. The van der Waals surface area contributed by atoms with Crippen molar-refractivity contribution in [1.82, 2.24) is 5.32 Å². The first-order valence-electron chi connectivity index (χ1n) is 5.62. The van der Waals surface area contributed by atoms with E-state index in [1.165, 1.54) is 0 Å². The molecule has 0 aromatic heterocycles. The summed E-state index contributed by atoms with van der Waals surface area (Å²) in [6, 6.07) is -0.519. The Morgan fingerprint density at radius 2 is 2.00 bits per heavy atom. The number of ether oxygens (including phenoxy) is 1. The maximum Gasteiger partial charge on any atom is 0.408 e. The van der Waals surface area contributed by atoms with Crippen molar-refractivity contribution in [2.45, 2.75) is 52.7 Å². The van der Waals surface area contributed by atoms with Crippen LogP contribution in [0.5, 0.6) is 0 Å². The Morgan fingerprint density at radius 1 is 1.47 bits per heavy atom. The Morgan fingerprint density at radius 3 is 2.35 bits per heavy atom. The van der Waals surface area contributed by atoms with Crippen molar-refractivity contribution in [1.29, 1.82) is 0 Å². The van der Waals surface area contributed by atoms with E-state index < -0.39 is 17.7 Å². The summed E-state index contributed by atoms with van der Waals surface area (Å²) in [5.74, 6) is 0.278. The second-order valence-electron chi connectivity index (χ2n) is 5.35. The van der Waals surface area contributed by atoms with Crippen molar-refractivity contribution >= 4 is 11.9 Å². The van der Waals surface area contributed by atoms with Crippen molar-refractivity contribution < 1.29 is 14.7 Å². The lowest BCUT2D eigenvalue weighted by molar-refractivity contribution is 0.0513. The van der Waals surface area contributed by atoms with Gasteiger partial charge in [0.2, 0.25) is 0 Å². The van der Waals surface area contributed by atoms with Gasteiger partial charge in [0.25, 0.3) is 0 Å². The van der Waals surface area contributed by atoms with Gasteiger partial charge in [-0.15, -0.1) is 0 Å². The molecule has 0 spiro atoms. The maximum absolute atomic E-state index is 11.5. The van der Waals surface area contributed by atoms with Gasteiger partial charge < -0.3 is 21.0 Å². The molecule has 0 bridgehead atoms. The molecule has 6 heteroatoms. The summed E-state index contributed by atoms with van der Waals surface area (Å²) in [5.41, 5.74) is 4.94. The topological polar surface area (TPSA) is 96.9 Å². The van der Waals surface area contributed by atoms with Gasteiger partial charge in [0.1, 0.15) is 5.60 Å². The van der Waals surface area contributed by atoms with Crippen molar-refractivity contribution in [2.24, 2.45) is 16.8 Å². The molecule has 1 atom stereocenters. The Hall–Kier alpha value is -1.46. The minimum Gasteiger partial charge on any atom is -0.444 e. The smallest absolute Gasteiger partial charge is 0.408 e. The van der Waals surface area contributed by atoms with E-state index in [1.54, 1.807) is 20.8 Å². The molecule has 0 aromatic rings. The van der Waals surface area contributed by atoms with E-state index in [1.807, 2.05) is 13.8 Å². The minimum absolute atomic E-state index is 0.0236.